The number of ether oxygens (including phenoxy) is 2. The second kappa shape index (κ2) is 7.30. The van der Waals surface area contributed by atoms with Crippen molar-refractivity contribution in [3.63, 3.8) is 0 Å². The van der Waals surface area contributed by atoms with Gasteiger partial charge < -0.3 is 9.47 Å². The molecule has 0 bridgehead atoms. The molecule has 0 N–H and O–H groups in total. The molecule has 17 heavy (non-hydrogen) atoms. The SMILES string of the molecule is CCCOCCOc1ccc(C(C)=O)c(Cl)c1. The van der Waals surface area contributed by atoms with Gasteiger partial charge in [0.25, 0.3) is 0 Å². The second-order valence-corrected chi connectivity index (χ2v) is 4.07. The molecule has 0 amide bonds. The van der Waals surface area contributed by atoms with Gasteiger partial charge in [0.05, 0.1) is 11.6 Å². The van der Waals surface area contributed by atoms with E-state index in [-0.39, 0.29) is 5.78 Å². The Morgan fingerprint density at radius 3 is 2.65 bits per heavy atom. The van der Waals surface area contributed by atoms with Crippen molar-refractivity contribution in [2.75, 3.05) is 19.8 Å². The second-order valence-electron chi connectivity index (χ2n) is 3.66. The van der Waals surface area contributed by atoms with Crippen molar-refractivity contribution in [3.05, 3.63) is 28.8 Å². The van der Waals surface area contributed by atoms with Crippen LogP contribution >= 0.6 is 11.6 Å². The summed E-state index contributed by atoms with van der Waals surface area (Å²) >= 11 is 5.95. The zero-order valence-electron chi connectivity index (χ0n) is 10.2. The molecule has 0 saturated heterocycles. The molecule has 3 nitrogen and oxygen atoms in total. The molecule has 0 fully saturated rings. The summed E-state index contributed by atoms with van der Waals surface area (Å²) in [5.74, 6) is 0.605. The summed E-state index contributed by atoms with van der Waals surface area (Å²) in [5, 5.41) is 0.421. The van der Waals surface area contributed by atoms with Crippen LogP contribution in [-0.2, 0) is 4.74 Å². The van der Waals surface area contributed by atoms with Gasteiger partial charge in [-0.2, -0.15) is 0 Å². The molecule has 1 rings (SSSR count). The van der Waals surface area contributed by atoms with Crippen LogP contribution in [0.4, 0.5) is 0 Å². The summed E-state index contributed by atoms with van der Waals surface area (Å²) in [6.07, 6.45) is 0.999. The van der Waals surface area contributed by atoms with Crippen LogP contribution in [-0.4, -0.2) is 25.6 Å². The smallest absolute Gasteiger partial charge is 0.161 e. The van der Waals surface area contributed by atoms with Gasteiger partial charge >= 0.3 is 0 Å². The molecular formula is C13H17ClO3. The van der Waals surface area contributed by atoms with Crippen molar-refractivity contribution in [1.82, 2.24) is 0 Å². The quantitative estimate of drug-likeness (QED) is 0.554. The molecule has 0 heterocycles. The van der Waals surface area contributed by atoms with Crippen molar-refractivity contribution in [2.24, 2.45) is 0 Å². The average molecular weight is 257 g/mol. The molecule has 1 aromatic rings. The first-order chi connectivity index (χ1) is 8.15. The highest BCUT2D eigenvalue weighted by Crippen LogP contribution is 2.22. The lowest BCUT2D eigenvalue weighted by molar-refractivity contribution is 0.100. The summed E-state index contributed by atoms with van der Waals surface area (Å²) < 4.78 is 10.7. The summed E-state index contributed by atoms with van der Waals surface area (Å²) in [4.78, 5) is 11.2. The number of hydrogen-bond donors (Lipinski definition) is 0. The Morgan fingerprint density at radius 1 is 1.29 bits per heavy atom. The maximum absolute atomic E-state index is 11.2. The first-order valence-corrected chi connectivity index (χ1v) is 6.04. The molecular weight excluding hydrogens is 240 g/mol. The largest absolute Gasteiger partial charge is 0.491 e. The predicted octanol–water partition coefficient (Wildman–Crippen LogP) is 3.35. The summed E-state index contributed by atoms with van der Waals surface area (Å²) in [6, 6.07) is 5.06. The fraction of sp³-hybridized carbons (Fsp3) is 0.462. The molecule has 4 heteroatoms. The van der Waals surface area contributed by atoms with Gasteiger partial charge in [-0.1, -0.05) is 18.5 Å². The molecule has 0 radical (unpaired) electrons. The number of halogens is 1. The normalized spacial score (nSPS) is 10.3. The molecule has 0 unspecified atom stereocenters. The number of Topliss-reactive ketones (excluding diaryl/α,β-unsaturated/α-hetero) is 1. The molecule has 94 valence electrons. The Labute approximate surface area is 107 Å². The van der Waals surface area contributed by atoms with Crippen LogP contribution in [0.2, 0.25) is 5.02 Å². The number of benzene rings is 1. The Morgan fingerprint density at radius 2 is 2.06 bits per heavy atom. The van der Waals surface area contributed by atoms with Gasteiger partial charge in [0.2, 0.25) is 0 Å². The van der Waals surface area contributed by atoms with E-state index in [9.17, 15) is 4.79 Å². The molecule has 0 aliphatic rings. The first-order valence-electron chi connectivity index (χ1n) is 5.66. The zero-order chi connectivity index (χ0) is 12.7. The Kier molecular flexibility index (Phi) is 6.01. The van der Waals surface area contributed by atoms with Crippen LogP contribution in [0.5, 0.6) is 5.75 Å². The number of carbonyl (C=O) groups is 1. The van der Waals surface area contributed by atoms with E-state index in [2.05, 4.69) is 6.92 Å². The zero-order valence-corrected chi connectivity index (χ0v) is 10.9. The van der Waals surface area contributed by atoms with Crippen molar-refractivity contribution in [3.8, 4) is 5.75 Å². The minimum absolute atomic E-state index is 0.0483. The van der Waals surface area contributed by atoms with E-state index in [0.29, 0.717) is 29.5 Å². The van der Waals surface area contributed by atoms with Crippen LogP contribution in [0.1, 0.15) is 30.6 Å². The minimum Gasteiger partial charge on any atom is -0.491 e. The summed E-state index contributed by atoms with van der Waals surface area (Å²) in [5.41, 5.74) is 0.515. The lowest BCUT2D eigenvalue weighted by Gasteiger charge is -2.08. The maximum Gasteiger partial charge on any atom is 0.161 e. The molecule has 0 aliphatic carbocycles. The van der Waals surface area contributed by atoms with Gasteiger partial charge in [-0.25, -0.2) is 0 Å². The van der Waals surface area contributed by atoms with Crippen molar-refractivity contribution in [1.29, 1.82) is 0 Å². The van der Waals surface area contributed by atoms with Crippen LogP contribution in [0.3, 0.4) is 0 Å². The molecule has 0 aliphatic heterocycles. The summed E-state index contributed by atoms with van der Waals surface area (Å²) in [7, 11) is 0. The van der Waals surface area contributed by atoms with Gasteiger partial charge in [0.15, 0.2) is 5.78 Å². The minimum atomic E-state index is -0.0483. The van der Waals surface area contributed by atoms with E-state index in [1.165, 1.54) is 6.92 Å². The van der Waals surface area contributed by atoms with E-state index >= 15 is 0 Å². The molecule has 0 atom stereocenters. The van der Waals surface area contributed by atoms with Crippen LogP contribution < -0.4 is 4.74 Å². The van der Waals surface area contributed by atoms with E-state index < -0.39 is 0 Å². The standard InChI is InChI=1S/C13H17ClO3/c1-3-6-16-7-8-17-11-4-5-12(10(2)15)13(14)9-11/h4-5,9H,3,6-8H2,1-2H3. The van der Waals surface area contributed by atoms with E-state index in [0.717, 1.165) is 13.0 Å². The van der Waals surface area contributed by atoms with Crippen LogP contribution in [0.15, 0.2) is 18.2 Å². The topological polar surface area (TPSA) is 35.5 Å². The Balaban J connectivity index is 2.45. The fourth-order valence-electron chi connectivity index (χ4n) is 1.34. The van der Waals surface area contributed by atoms with Crippen molar-refractivity contribution < 1.29 is 14.3 Å². The molecule has 0 spiro atoms. The Hall–Kier alpha value is -1.06. The van der Waals surface area contributed by atoms with E-state index in [1.807, 2.05) is 0 Å². The average Bonchev–Trinajstić information content (AvgIpc) is 2.28. The van der Waals surface area contributed by atoms with E-state index in [4.69, 9.17) is 21.1 Å². The fourth-order valence-corrected chi connectivity index (χ4v) is 1.64. The Bertz CT molecular complexity index is 377. The monoisotopic (exact) mass is 256 g/mol. The molecule has 1 aromatic carbocycles. The lowest BCUT2D eigenvalue weighted by Crippen LogP contribution is -2.07. The summed E-state index contributed by atoms with van der Waals surface area (Å²) in [6.45, 7) is 5.32. The van der Waals surface area contributed by atoms with Gasteiger partial charge in [0.1, 0.15) is 12.4 Å². The third-order valence-corrected chi connectivity index (χ3v) is 2.48. The van der Waals surface area contributed by atoms with Gasteiger partial charge in [-0.05, 0) is 31.5 Å². The molecule has 0 aromatic heterocycles. The number of hydrogen-bond acceptors (Lipinski definition) is 3. The third-order valence-electron chi connectivity index (χ3n) is 2.16. The maximum atomic E-state index is 11.2. The van der Waals surface area contributed by atoms with Crippen LogP contribution in [0.25, 0.3) is 0 Å². The van der Waals surface area contributed by atoms with Gasteiger partial charge in [-0.15, -0.1) is 0 Å². The highest BCUT2D eigenvalue weighted by atomic mass is 35.5. The third kappa shape index (κ3) is 4.75. The predicted molar refractivity (Wildman–Crippen MR) is 68.1 cm³/mol. The first kappa shape index (κ1) is 14.0. The van der Waals surface area contributed by atoms with Gasteiger partial charge in [-0.3, -0.25) is 4.79 Å². The lowest BCUT2D eigenvalue weighted by atomic mass is 10.1. The number of ketones is 1. The number of rotatable bonds is 7. The van der Waals surface area contributed by atoms with E-state index in [1.54, 1.807) is 18.2 Å². The van der Waals surface area contributed by atoms with Crippen molar-refractivity contribution >= 4 is 17.4 Å². The highest BCUT2D eigenvalue weighted by Gasteiger charge is 2.06. The highest BCUT2D eigenvalue weighted by molar-refractivity contribution is 6.34. The van der Waals surface area contributed by atoms with Crippen LogP contribution in [0, 0.1) is 0 Å². The van der Waals surface area contributed by atoms with Gasteiger partial charge in [0, 0.05) is 12.2 Å². The number of carbonyl (C=O) groups excluding carboxylic acids is 1. The molecule has 0 saturated carbocycles. The van der Waals surface area contributed by atoms with Crippen molar-refractivity contribution in [2.45, 2.75) is 20.3 Å².